The topological polar surface area (TPSA) is 29.1 Å². The predicted molar refractivity (Wildman–Crippen MR) is 75.7 cm³/mol. The lowest BCUT2D eigenvalue weighted by molar-refractivity contribution is -0.137. The van der Waals surface area contributed by atoms with Gasteiger partial charge in [0.1, 0.15) is 0 Å². The summed E-state index contributed by atoms with van der Waals surface area (Å²) in [5.74, 6) is -0.447. The van der Waals surface area contributed by atoms with Gasteiger partial charge in [-0.15, -0.1) is 24.0 Å². The number of thiophene rings is 1. The highest BCUT2D eigenvalue weighted by Gasteiger charge is 2.31. The summed E-state index contributed by atoms with van der Waals surface area (Å²) < 4.78 is 37.9. The Bertz CT molecular complexity index is 649. The predicted octanol–water partition coefficient (Wildman–Crippen LogP) is 4.62. The number of amides is 1. The van der Waals surface area contributed by atoms with Gasteiger partial charge in [-0.25, -0.2) is 0 Å². The monoisotopic (exact) mass is 317 g/mol. The second-order valence-electron chi connectivity index (χ2n) is 4.15. The van der Waals surface area contributed by atoms with Crippen LogP contribution in [0.25, 0.3) is 0 Å². The smallest absolute Gasteiger partial charge is 0.321 e. The molecule has 0 atom stereocenters. The van der Waals surface area contributed by atoms with Crippen LogP contribution in [-0.2, 0) is 6.18 Å². The molecule has 1 N–H and O–H groups in total. The van der Waals surface area contributed by atoms with Crippen molar-refractivity contribution >= 4 is 35.6 Å². The van der Waals surface area contributed by atoms with E-state index in [1.807, 2.05) is 0 Å². The zero-order valence-electron chi connectivity index (χ0n) is 10.3. The van der Waals surface area contributed by atoms with Crippen molar-refractivity contribution in [3.8, 4) is 0 Å². The van der Waals surface area contributed by atoms with Crippen molar-refractivity contribution in [2.45, 2.75) is 18.0 Å². The second-order valence-corrected chi connectivity index (χ2v) is 5.58. The molecule has 1 aromatic heterocycles. The summed E-state index contributed by atoms with van der Waals surface area (Å²) in [6, 6.07) is 4.81. The third kappa shape index (κ3) is 3.34. The highest BCUT2D eigenvalue weighted by atomic mass is 32.1. The quantitative estimate of drug-likeness (QED) is 0.778. The number of halogens is 3. The van der Waals surface area contributed by atoms with Gasteiger partial charge in [-0.1, -0.05) is 6.07 Å². The second kappa shape index (κ2) is 5.49. The molecule has 1 heterocycles. The molecule has 0 spiro atoms. The Kier molecular flexibility index (Phi) is 4.10. The van der Waals surface area contributed by atoms with Gasteiger partial charge in [0.05, 0.1) is 10.4 Å². The number of hydrogen-bond donors (Lipinski definition) is 2. The largest absolute Gasteiger partial charge is 0.416 e. The summed E-state index contributed by atoms with van der Waals surface area (Å²) in [6.45, 7) is 1.63. The highest BCUT2D eigenvalue weighted by molar-refractivity contribution is 7.80. The van der Waals surface area contributed by atoms with Crippen LogP contribution in [-0.4, -0.2) is 5.91 Å². The van der Waals surface area contributed by atoms with E-state index in [4.69, 9.17) is 0 Å². The Balaban J connectivity index is 2.27. The fourth-order valence-electron chi connectivity index (χ4n) is 1.56. The summed E-state index contributed by atoms with van der Waals surface area (Å²) in [5.41, 5.74) is -0.0765. The number of anilines is 1. The Labute approximate surface area is 123 Å². The van der Waals surface area contributed by atoms with Crippen LogP contribution in [0, 0.1) is 6.92 Å². The first-order valence-corrected chi connectivity index (χ1v) is 6.87. The maximum absolute atomic E-state index is 12.6. The van der Waals surface area contributed by atoms with Gasteiger partial charge in [0.15, 0.2) is 0 Å². The first-order chi connectivity index (χ1) is 9.27. The number of aryl methyl sites for hydroxylation is 1. The van der Waals surface area contributed by atoms with Gasteiger partial charge in [0, 0.05) is 16.0 Å². The molecule has 2 nitrogen and oxygen atoms in total. The number of alkyl halides is 3. The average Bonchev–Trinajstić information content (AvgIpc) is 2.77. The molecule has 106 valence electrons. The van der Waals surface area contributed by atoms with E-state index >= 15 is 0 Å². The lowest BCUT2D eigenvalue weighted by Gasteiger charge is -2.12. The molecule has 0 unspecified atom stereocenters. The van der Waals surface area contributed by atoms with Crippen LogP contribution in [0.1, 0.15) is 20.8 Å². The lowest BCUT2D eigenvalue weighted by Crippen LogP contribution is -2.13. The number of benzene rings is 1. The Morgan fingerprint density at radius 1 is 1.30 bits per heavy atom. The average molecular weight is 317 g/mol. The van der Waals surface area contributed by atoms with Crippen LogP contribution in [0.2, 0.25) is 0 Å². The van der Waals surface area contributed by atoms with Crippen LogP contribution in [0.15, 0.2) is 34.5 Å². The van der Waals surface area contributed by atoms with E-state index in [1.165, 1.54) is 17.4 Å². The van der Waals surface area contributed by atoms with Crippen molar-refractivity contribution in [1.82, 2.24) is 0 Å². The molecule has 20 heavy (non-hydrogen) atoms. The van der Waals surface area contributed by atoms with Crippen LogP contribution in [0.4, 0.5) is 18.9 Å². The van der Waals surface area contributed by atoms with Crippen LogP contribution in [0.5, 0.6) is 0 Å². The maximum atomic E-state index is 12.6. The Hall–Kier alpha value is -1.47. The number of nitrogens with one attached hydrogen (secondary N) is 1. The maximum Gasteiger partial charge on any atom is 0.416 e. The third-order valence-electron chi connectivity index (χ3n) is 2.62. The number of carbonyl (C=O) groups excluding carboxylic acids is 1. The molecule has 2 rings (SSSR count). The number of thiol groups is 1. The lowest BCUT2D eigenvalue weighted by atomic mass is 10.1. The van der Waals surface area contributed by atoms with Crippen LogP contribution in [0.3, 0.4) is 0 Å². The molecular weight excluding hydrogens is 307 g/mol. The van der Waals surface area contributed by atoms with Crippen molar-refractivity contribution in [2.75, 3.05) is 5.32 Å². The zero-order chi connectivity index (χ0) is 14.9. The van der Waals surface area contributed by atoms with E-state index in [-0.39, 0.29) is 5.69 Å². The van der Waals surface area contributed by atoms with E-state index in [1.54, 1.807) is 18.4 Å². The van der Waals surface area contributed by atoms with E-state index in [0.29, 0.717) is 15.3 Å². The molecular formula is C13H10F3NOS2. The zero-order valence-corrected chi connectivity index (χ0v) is 12.0. The van der Waals surface area contributed by atoms with Gasteiger partial charge >= 0.3 is 6.18 Å². The summed E-state index contributed by atoms with van der Waals surface area (Å²) in [6.07, 6.45) is -4.44. The normalized spacial score (nSPS) is 11.4. The molecule has 0 saturated heterocycles. The van der Waals surface area contributed by atoms with Gasteiger partial charge in [0.25, 0.3) is 5.91 Å². The summed E-state index contributed by atoms with van der Waals surface area (Å²) in [5, 5.41) is 4.17. The summed E-state index contributed by atoms with van der Waals surface area (Å²) in [7, 11) is 0. The van der Waals surface area contributed by atoms with Crippen molar-refractivity contribution in [1.29, 1.82) is 0 Å². The third-order valence-corrected chi connectivity index (χ3v) is 3.98. The van der Waals surface area contributed by atoms with Gasteiger partial charge in [0.2, 0.25) is 0 Å². The molecule has 1 amide bonds. The number of rotatable bonds is 2. The minimum absolute atomic E-state index is 0.152. The van der Waals surface area contributed by atoms with Gasteiger partial charge < -0.3 is 5.32 Å². The first kappa shape index (κ1) is 14.9. The van der Waals surface area contributed by atoms with Crippen LogP contribution < -0.4 is 5.32 Å². The Morgan fingerprint density at radius 3 is 2.55 bits per heavy atom. The number of hydrogen-bond acceptors (Lipinski definition) is 3. The standard InChI is InChI=1S/C13H10F3NOS2/c1-7-2-3-8(13(14,15)16)4-10(7)17-12(18)11-5-9(19)6-20-11/h2-6,19H,1H3,(H,17,18). The van der Waals surface area contributed by atoms with Crippen molar-refractivity contribution in [2.24, 2.45) is 0 Å². The summed E-state index contributed by atoms with van der Waals surface area (Å²) in [4.78, 5) is 13.0. The molecule has 0 radical (unpaired) electrons. The molecule has 7 heteroatoms. The van der Waals surface area contributed by atoms with Crippen molar-refractivity contribution in [3.05, 3.63) is 45.6 Å². The van der Waals surface area contributed by atoms with E-state index < -0.39 is 17.6 Å². The van der Waals surface area contributed by atoms with E-state index in [2.05, 4.69) is 17.9 Å². The fraction of sp³-hybridized carbons (Fsp3) is 0.154. The van der Waals surface area contributed by atoms with Crippen LogP contribution >= 0.6 is 24.0 Å². The minimum Gasteiger partial charge on any atom is -0.321 e. The Morgan fingerprint density at radius 2 is 2.00 bits per heavy atom. The molecule has 0 fully saturated rings. The summed E-state index contributed by atoms with van der Waals surface area (Å²) >= 11 is 5.26. The molecule has 1 aromatic carbocycles. The highest BCUT2D eigenvalue weighted by Crippen LogP contribution is 2.32. The SMILES string of the molecule is Cc1ccc(C(F)(F)F)cc1NC(=O)c1cc(S)cs1. The van der Waals surface area contributed by atoms with E-state index in [9.17, 15) is 18.0 Å². The van der Waals surface area contributed by atoms with Crippen molar-refractivity contribution < 1.29 is 18.0 Å². The van der Waals surface area contributed by atoms with Crippen molar-refractivity contribution in [3.63, 3.8) is 0 Å². The molecule has 0 aliphatic carbocycles. The molecule has 0 bridgehead atoms. The van der Waals surface area contributed by atoms with Gasteiger partial charge in [-0.2, -0.15) is 13.2 Å². The van der Waals surface area contributed by atoms with Gasteiger partial charge in [-0.3, -0.25) is 4.79 Å². The molecule has 0 aliphatic rings. The molecule has 0 saturated carbocycles. The van der Waals surface area contributed by atoms with E-state index in [0.717, 1.165) is 12.1 Å². The van der Waals surface area contributed by atoms with Gasteiger partial charge in [-0.05, 0) is 30.7 Å². The first-order valence-electron chi connectivity index (χ1n) is 5.54. The fourth-order valence-corrected chi connectivity index (χ4v) is 2.61. The molecule has 0 aliphatic heterocycles. The number of carbonyl (C=O) groups is 1. The minimum atomic E-state index is -4.44. The molecule has 2 aromatic rings.